The van der Waals surface area contributed by atoms with Gasteiger partial charge >= 0.3 is 44.8 Å². The van der Waals surface area contributed by atoms with Gasteiger partial charge in [-0.05, 0) is 97.1 Å². The zero-order valence-corrected chi connectivity index (χ0v) is 45.6. The Bertz CT molecular complexity index is 1940. The Hall–Kier alpha value is -3.48. The Morgan fingerprint density at radius 2 is 0.359 bits per heavy atom. The Morgan fingerprint density at radius 3 is 0.453 bits per heavy atom. The van der Waals surface area contributed by atoms with Gasteiger partial charge < -0.3 is 24.8 Å². The van der Waals surface area contributed by atoms with Gasteiger partial charge in [0.05, 0.1) is 12.1 Å². The summed E-state index contributed by atoms with van der Waals surface area (Å²) >= 11 is 0. The normalized spacial score (nSPS) is 9.56. The van der Waals surface area contributed by atoms with Crippen molar-refractivity contribution in [2.75, 3.05) is 11.8 Å². The molecule has 8 rings (SSSR count). The zero-order chi connectivity index (χ0) is 42.0. The molecule has 0 saturated heterocycles. The minimum atomic E-state index is -0.847. The van der Waals surface area contributed by atoms with Crippen LogP contribution in [0.4, 0.5) is 0 Å². The van der Waals surface area contributed by atoms with E-state index in [9.17, 15) is 0 Å². The second kappa shape index (κ2) is 34.8. The molecule has 0 spiro atoms. The van der Waals surface area contributed by atoms with Crippen LogP contribution in [0.2, 0.25) is 0 Å². The molecule has 0 aliphatic rings. The van der Waals surface area contributed by atoms with Crippen LogP contribution >= 0.6 is 31.7 Å². The molecule has 0 radical (unpaired) electrons. The summed E-state index contributed by atoms with van der Waals surface area (Å²) in [6, 6.07) is 92.4. The molecule has 64 heavy (non-hydrogen) atoms. The summed E-state index contributed by atoms with van der Waals surface area (Å²) in [6.45, 7) is 2.86. The third-order valence-electron chi connectivity index (χ3n) is 9.69. The van der Waals surface area contributed by atoms with E-state index in [1.807, 2.05) is 0 Å². The van der Waals surface area contributed by atoms with Crippen molar-refractivity contribution in [2.24, 2.45) is 0 Å². The molecule has 0 saturated carbocycles. The first-order chi connectivity index (χ1) is 29.7. The van der Waals surface area contributed by atoms with Gasteiger partial charge in [0, 0.05) is 13.8 Å². The number of nitrogens with zero attached hydrogens (tertiary/aromatic N) is 2. The van der Waals surface area contributed by atoms with Crippen molar-refractivity contribution in [2.45, 2.75) is 13.8 Å². The van der Waals surface area contributed by atoms with Gasteiger partial charge in [0.1, 0.15) is 74.1 Å². The molecule has 0 fully saturated rings. The molecule has 2 nitrogen and oxygen atoms in total. The average Bonchev–Trinajstić information content (AvgIpc) is 3.33. The van der Waals surface area contributed by atoms with Crippen LogP contribution in [0.3, 0.4) is 0 Å². The van der Waals surface area contributed by atoms with Crippen molar-refractivity contribution in [1.82, 2.24) is 0 Å². The van der Waals surface area contributed by atoms with Crippen LogP contribution in [-0.4, -0.2) is 11.8 Å². The first-order valence-corrected chi connectivity index (χ1v) is 27.0. The van der Waals surface area contributed by atoms with Gasteiger partial charge in [0.2, 0.25) is 0 Å². The van der Waals surface area contributed by atoms with Crippen LogP contribution in [0.15, 0.2) is 243 Å². The quantitative estimate of drug-likeness (QED) is 0.135. The van der Waals surface area contributed by atoms with E-state index in [0.29, 0.717) is 0 Å². The largest absolute Gasteiger partial charge is 1.00 e. The van der Waals surface area contributed by atoms with Gasteiger partial charge in [0.25, 0.3) is 0 Å². The summed E-state index contributed by atoms with van der Waals surface area (Å²) in [4.78, 5) is 0. The van der Waals surface area contributed by atoms with E-state index in [-0.39, 0.29) is 69.6 Å². The van der Waals surface area contributed by atoms with Crippen molar-refractivity contribution in [3.8, 4) is 12.1 Å². The fraction of sp³-hybridized carbons (Fsp3) is 0.0741. The summed E-state index contributed by atoms with van der Waals surface area (Å²) < 4.78 is 0. The van der Waals surface area contributed by atoms with E-state index in [2.05, 4.69) is 243 Å². The van der Waals surface area contributed by atoms with Crippen LogP contribution in [-0.2, 0) is 44.8 Å². The molecule has 0 bridgehead atoms. The topological polar surface area (TPSA) is 47.6 Å². The first kappa shape index (κ1) is 58.5. The number of rotatable bonds is 12. The standard InChI is InChI=1S/2C25H22P2.2C2H3N.2Au.2ClH/c2*1-5-13-22(14-6-1)26(23-15-7-2-8-16-23)21-27(24-17-9-3-10-18-24)25-19-11-4-12-20-25;2*1-2-3;;;;/h2*1-20H,21H2;2*1H3;;;2*1H/q;;;;2*+1;;/p+2. The summed E-state index contributed by atoms with van der Waals surface area (Å²) in [7, 11) is -3.39. The number of hydrogen-bond acceptors (Lipinski definition) is 2. The predicted molar refractivity (Wildman–Crippen MR) is 274 cm³/mol. The summed E-state index contributed by atoms with van der Waals surface area (Å²) in [6.07, 6.45) is 0. The molecule has 0 aliphatic heterocycles. The molecule has 0 unspecified atom stereocenters. The van der Waals surface area contributed by atoms with Gasteiger partial charge in [0.15, 0.2) is 11.8 Å². The zero-order valence-electron chi connectivity index (χ0n) is 35.8. The number of hydrogen-bond donors (Lipinski definition) is 0. The van der Waals surface area contributed by atoms with E-state index >= 15 is 0 Å². The van der Waals surface area contributed by atoms with Crippen LogP contribution in [0.25, 0.3) is 0 Å². The minimum absolute atomic E-state index is 0. The molecule has 8 aromatic carbocycles. The van der Waals surface area contributed by atoms with Crippen molar-refractivity contribution in [1.29, 1.82) is 10.5 Å². The van der Waals surface area contributed by atoms with Crippen molar-refractivity contribution in [3.05, 3.63) is 243 Å². The van der Waals surface area contributed by atoms with E-state index < -0.39 is 31.7 Å². The number of halogens is 2. The molecular formula is C54H54Au2Cl2N2P4+4. The average molecular weight is 1320 g/mol. The Labute approximate surface area is 430 Å². The van der Waals surface area contributed by atoms with Crippen molar-refractivity contribution >= 4 is 74.1 Å². The SMILES string of the molecule is CC#N.CC#N.[Au+].[Au+].[Cl-].[Cl-].c1ccc([PH+](C[PH+](c2ccccc2)c2ccccc2)c2ccccc2)cc1.c1ccc([PH+](C[PH+](c2ccccc2)c2ccccc2)c2ccccc2)cc1. The predicted octanol–water partition coefficient (Wildman–Crippen LogP) is 4.41. The van der Waals surface area contributed by atoms with Gasteiger partial charge in [-0.2, -0.15) is 10.5 Å². The fourth-order valence-corrected chi connectivity index (χ4v) is 22.4. The van der Waals surface area contributed by atoms with Crippen molar-refractivity contribution in [3.63, 3.8) is 0 Å². The third kappa shape index (κ3) is 19.2. The molecule has 8 aromatic rings. The second-order valence-corrected chi connectivity index (χ2v) is 24.9. The van der Waals surface area contributed by atoms with Crippen LogP contribution < -0.4 is 67.3 Å². The second-order valence-electron chi connectivity index (χ2n) is 13.6. The Kier molecular flexibility index (Phi) is 31.8. The van der Waals surface area contributed by atoms with Crippen LogP contribution in [0.5, 0.6) is 0 Å². The van der Waals surface area contributed by atoms with E-state index in [0.717, 1.165) is 0 Å². The molecule has 0 amide bonds. The minimum Gasteiger partial charge on any atom is -1.00 e. The maximum absolute atomic E-state index is 7.32. The summed E-state index contributed by atoms with van der Waals surface area (Å²) in [5.41, 5.74) is 0. The van der Waals surface area contributed by atoms with E-state index in [1.54, 1.807) is 12.1 Å². The number of benzene rings is 8. The van der Waals surface area contributed by atoms with Gasteiger partial charge in [-0.15, -0.1) is 0 Å². The van der Waals surface area contributed by atoms with Crippen LogP contribution in [0.1, 0.15) is 13.8 Å². The fourth-order valence-electron chi connectivity index (χ4n) is 6.95. The monoisotopic (exact) mass is 1320 g/mol. The summed E-state index contributed by atoms with van der Waals surface area (Å²) in [5, 5.41) is 26.7. The van der Waals surface area contributed by atoms with Gasteiger partial charge in [-0.1, -0.05) is 146 Å². The molecule has 0 heterocycles. The summed E-state index contributed by atoms with van der Waals surface area (Å²) in [5.74, 6) is 2.49. The third-order valence-corrected chi connectivity index (χ3v) is 23.6. The molecule has 0 aliphatic carbocycles. The van der Waals surface area contributed by atoms with E-state index in [1.165, 1.54) is 68.1 Å². The molecular weight excluding hydrogens is 1270 g/mol. The Morgan fingerprint density at radius 1 is 0.266 bits per heavy atom. The van der Waals surface area contributed by atoms with E-state index in [4.69, 9.17) is 10.5 Å². The molecule has 0 aromatic heterocycles. The first-order valence-electron chi connectivity index (χ1n) is 20.1. The molecule has 332 valence electrons. The smallest absolute Gasteiger partial charge is 1.00 e. The van der Waals surface area contributed by atoms with Crippen molar-refractivity contribution < 1.29 is 69.6 Å². The Balaban J connectivity index is 0.000000540. The van der Waals surface area contributed by atoms with Gasteiger partial charge in [-0.25, -0.2) is 0 Å². The molecule has 10 heteroatoms. The maximum atomic E-state index is 7.32. The maximum Gasteiger partial charge on any atom is 1.00 e. The molecule has 0 atom stereocenters. The molecule has 0 N–H and O–H groups in total. The number of nitriles is 2. The van der Waals surface area contributed by atoms with Crippen LogP contribution in [0, 0.1) is 22.7 Å². The van der Waals surface area contributed by atoms with Gasteiger partial charge in [-0.3, -0.25) is 0 Å².